The molecule has 0 aliphatic heterocycles. The van der Waals surface area contributed by atoms with Crippen molar-refractivity contribution in [1.29, 1.82) is 0 Å². The maximum absolute atomic E-state index is 2.46. The Balaban J connectivity index is 4.19. The van der Waals surface area contributed by atoms with E-state index in [9.17, 15) is 0 Å². The summed E-state index contributed by atoms with van der Waals surface area (Å²) in [6, 6.07) is 0. The molecule has 0 amide bonds. The summed E-state index contributed by atoms with van der Waals surface area (Å²) < 4.78 is 0. The smallest absolute Gasteiger partial charge is 0.0363 e. The van der Waals surface area contributed by atoms with Gasteiger partial charge in [0.2, 0.25) is 0 Å². The molecule has 0 spiro atoms. The largest absolute Gasteiger partial charge is 0.0654 e. The van der Waals surface area contributed by atoms with Crippen LogP contribution in [0.15, 0.2) is 0 Å². The van der Waals surface area contributed by atoms with Crippen LogP contribution in [0.3, 0.4) is 0 Å². The molecule has 86 valence electrons. The molecule has 0 aromatic heterocycles. The monoisotopic (exact) mass is 198 g/mol. The van der Waals surface area contributed by atoms with Crippen molar-refractivity contribution >= 4 is 0 Å². The predicted molar refractivity (Wildman–Crippen MR) is 66.5 cm³/mol. The van der Waals surface area contributed by atoms with Gasteiger partial charge < -0.3 is 0 Å². The highest BCUT2D eigenvalue weighted by atomic mass is 14.3. The third-order valence-electron chi connectivity index (χ3n) is 3.80. The second-order valence-corrected chi connectivity index (χ2v) is 5.32. The third kappa shape index (κ3) is 4.48. The normalized spacial score (nSPS) is 18.2. The van der Waals surface area contributed by atoms with Crippen LogP contribution in [0.2, 0.25) is 0 Å². The molecule has 0 radical (unpaired) electrons. The van der Waals surface area contributed by atoms with E-state index in [-0.39, 0.29) is 0 Å². The van der Waals surface area contributed by atoms with Crippen molar-refractivity contribution in [2.45, 2.75) is 67.2 Å². The van der Waals surface area contributed by atoms with E-state index in [0.29, 0.717) is 0 Å². The standard InChI is InChI=1S/C14H30/c1-7-9-12(5)13(6)14(10-8-2)11(3)4/h11-14H,7-10H2,1-6H3. The summed E-state index contributed by atoms with van der Waals surface area (Å²) in [5, 5.41) is 0. The molecule has 0 saturated heterocycles. The Kier molecular flexibility index (Phi) is 7.31. The fourth-order valence-electron chi connectivity index (χ4n) is 2.68. The summed E-state index contributed by atoms with van der Waals surface area (Å²) in [5.41, 5.74) is 0. The average Bonchev–Trinajstić information content (AvgIpc) is 2.13. The first-order valence-electron chi connectivity index (χ1n) is 6.54. The average molecular weight is 198 g/mol. The molecule has 0 N–H and O–H groups in total. The van der Waals surface area contributed by atoms with E-state index < -0.39 is 0 Å². The summed E-state index contributed by atoms with van der Waals surface area (Å²) >= 11 is 0. The van der Waals surface area contributed by atoms with Crippen LogP contribution in [-0.2, 0) is 0 Å². The van der Waals surface area contributed by atoms with Crippen molar-refractivity contribution in [2.24, 2.45) is 23.7 Å². The summed E-state index contributed by atoms with van der Waals surface area (Å²) in [6.07, 6.45) is 5.48. The van der Waals surface area contributed by atoms with Gasteiger partial charge in [-0.25, -0.2) is 0 Å². The van der Waals surface area contributed by atoms with Gasteiger partial charge in [0.25, 0.3) is 0 Å². The Morgan fingerprint density at radius 1 is 0.786 bits per heavy atom. The topological polar surface area (TPSA) is 0 Å². The maximum atomic E-state index is 2.46. The fraction of sp³-hybridized carbons (Fsp3) is 1.00. The van der Waals surface area contributed by atoms with Crippen molar-refractivity contribution in [3.05, 3.63) is 0 Å². The summed E-state index contributed by atoms with van der Waals surface area (Å²) in [6.45, 7) is 14.3. The number of hydrogen-bond acceptors (Lipinski definition) is 0. The van der Waals surface area contributed by atoms with Crippen LogP contribution in [0, 0.1) is 23.7 Å². The molecule has 0 aromatic carbocycles. The van der Waals surface area contributed by atoms with Gasteiger partial charge in [0, 0.05) is 0 Å². The van der Waals surface area contributed by atoms with Crippen LogP contribution >= 0.6 is 0 Å². The Labute approximate surface area is 91.5 Å². The van der Waals surface area contributed by atoms with Gasteiger partial charge in [0.1, 0.15) is 0 Å². The zero-order valence-corrected chi connectivity index (χ0v) is 11.1. The minimum Gasteiger partial charge on any atom is -0.0654 e. The maximum Gasteiger partial charge on any atom is -0.0363 e. The number of rotatable bonds is 7. The molecule has 0 aliphatic carbocycles. The highest BCUT2D eigenvalue weighted by molar-refractivity contribution is 4.73. The second-order valence-electron chi connectivity index (χ2n) is 5.32. The van der Waals surface area contributed by atoms with Gasteiger partial charge in [0.05, 0.1) is 0 Å². The van der Waals surface area contributed by atoms with E-state index in [0.717, 1.165) is 23.7 Å². The Morgan fingerprint density at radius 3 is 1.64 bits per heavy atom. The number of hydrogen-bond donors (Lipinski definition) is 0. The van der Waals surface area contributed by atoms with E-state index in [1.165, 1.54) is 25.7 Å². The summed E-state index contributed by atoms with van der Waals surface area (Å²) in [4.78, 5) is 0. The Hall–Kier alpha value is 0. The Bertz CT molecular complexity index is 126. The zero-order chi connectivity index (χ0) is 11.1. The van der Waals surface area contributed by atoms with Gasteiger partial charge in [0.15, 0.2) is 0 Å². The van der Waals surface area contributed by atoms with E-state index in [2.05, 4.69) is 41.5 Å². The van der Waals surface area contributed by atoms with Crippen LogP contribution in [0.25, 0.3) is 0 Å². The zero-order valence-electron chi connectivity index (χ0n) is 11.1. The van der Waals surface area contributed by atoms with Gasteiger partial charge in [-0.2, -0.15) is 0 Å². The van der Waals surface area contributed by atoms with E-state index in [4.69, 9.17) is 0 Å². The molecule has 0 aliphatic rings. The van der Waals surface area contributed by atoms with Crippen molar-refractivity contribution < 1.29 is 0 Å². The summed E-state index contributed by atoms with van der Waals surface area (Å²) in [7, 11) is 0. The first-order valence-corrected chi connectivity index (χ1v) is 6.54. The lowest BCUT2D eigenvalue weighted by Crippen LogP contribution is -2.23. The molecular weight excluding hydrogens is 168 g/mol. The van der Waals surface area contributed by atoms with Gasteiger partial charge in [-0.1, -0.05) is 67.2 Å². The van der Waals surface area contributed by atoms with Gasteiger partial charge >= 0.3 is 0 Å². The van der Waals surface area contributed by atoms with Crippen LogP contribution in [0.5, 0.6) is 0 Å². The highest BCUT2D eigenvalue weighted by Crippen LogP contribution is 2.32. The van der Waals surface area contributed by atoms with Gasteiger partial charge in [-0.05, 0) is 23.7 Å². The third-order valence-corrected chi connectivity index (χ3v) is 3.80. The lowest BCUT2D eigenvalue weighted by molar-refractivity contribution is 0.183. The lowest BCUT2D eigenvalue weighted by atomic mass is 9.74. The first kappa shape index (κ1) is 14.0. The van der Waals surface area contributed by atoms with Crippen molar-refractivity contribution in [3.8, 4) is 0 Å². The van der Waals surface area contributed by atoms with Crippen LogP contribution in [-0.4, -0.2) is 0 Å². The van der Waals surface area contributed by atoms with Crippen molar-refractivity contribution in [2.75, 3.05) is 0 Å². The molecular formula is C14H30. The summed E-state index contributed by atoms with van der Waals surface area (Å²) in [5.74, 6) is 3.58. The molecule has 0 bridgehead atoms. The lowest BCUT2D eigenvalue weighted by Gasteiger charge is -2.31. The molecule has 14 heavy (non-hydrogen) atoms. The van der Waals surface area contributed by atoms with Crippen LogP contribution < -0.4 is 0 Å². The SMILES string of the molecule is CCCC(C)C(C)C(CCC)C(C)C. The van der Waals surface area contributed by atoms with Crippen molar-refractivity contribution in [1.82, 2.24) is 0 Å². The molecule has 0 aromatic rings. The second kappa shape index (κ2) is 7.31. The molecule has 0 rings (SSSR count). The van der Waals surface area contributed by atoms with Crippen LogP contribution in [0.4, 0.5) is 0 Å². The molecule has 3 unspecified atom stereocenters. The minimum atomic E-state index is 0.851. The highest BCUT2D eigenvalue weighted by Gasteiger charge is 2.23. The Morgan fingerprint density at radius 2 is 1.29 bits per heavy atom. The van der Waals surface area contributed by atoms with E-state index in [1.54, 1.807) is 0 Å². The fourth-order valence-corrected chi connectivity index (χ4v) is 2.68. The molecule has 0 saturated carbocycles. The predicted octanol–water partition coefficient (Wildman–Crippen LogP) is 5.13. The molecule has 0 heteroatoms. The molecule has 0 heterocycles. The quantitative estimate of drug-likeness (QED) is 0.532. The molecule has 3 atom stereocenters. The van der Waals surface area contributed by atoms with Gasteiger partial charge in [-0.3, -0.25) is 0 Å². The van der Waals surface area contributed by atoms with Crippen molar-refractivity contribution in [3.63, 3.8) is 0 Å². The minimum absolute atomic E-state index is 0.851. The van der Waals surface area contributed by atoms with Gasteiger partial charge in [-0.15, -0.1) is 0 Å². The first-order chi connectivity index (χ1) is 6.54. The van der Waals surface area contributed by atoms with E-state index in [1.807, 2.05) is 0 Å². The molecule has 0 nitrogen and oxygen atoms in total. The van der Waals surface area contributed by atoms with E-state index >= 15 is 0 Å². The van der Waals surface area contributed by atoms with Crippen LogP contribution in [0.1, 0.15) is 67.2 Å². The molecule has 0 fully saturated rings.